The number of nitrogens with one attached hydrogen (secondary N) is 1. The molecule has 0 saturated carbocycles. The third kappa shape index (κ3) is 5.09. The molecule has 0 unspecified atom stereocenters. The van der Waals surface area contributed by atoms with E-state index in [1.807, 2.05) is 0 Å². The van der Waals surface area contributed by atoms with Gasteiger partial charge in [0.25, 0.3) is 5.91 Å². The second-order valence-electron chi connectivity index (χ2n) is 7.19. The third-order valence-electron chi connectivity index (χ3n) is 4.80. The molecule has 182 valence electrons. The van der Waals surface area contributed by atoms with Crippen molar-refractivity contribution in [3.8, 4) is 17.1 Å². The van der Waals surface area contributed by atoms with Crippen molar-refractivity contribution < 1.29 is 23.1 Å². The standard InChI is InChI=1S/C21H16Cl2F3N7O2/c22-13-2-1-3-14(23)17(13)33-30-16(18(27)35)19(31-33)28-12-6-4-11(5-7-12)20-29-15(21(24,25)26)10-32(20)8-9-34/h1-7,10,34H,8-9H2,(H2,27,35)(H,28,31). The molecule has 2 aromatic heterocycles. The van der Waals surface area contributed by atoms with Crippen LogP contribution in [0, 0.1) is 0 Å². The number of amides is 1. The minimum Gasteiger partial charge on any atom is -0.395 e. The average molecular weight is 526 g/mol. The Balaban J connectivity index is 1.65. The molecule has 0 radical (unpaired) electrons. The third-order valence-corrected chi connectivity index (χ3v) is 5.41. The Morgan fingerprint density at radius 2 is 1.74 bits per heavy atom. The van der Waals surface area contributed by atoms with Crippen LogP contribution >= 0.6 is 23.2 Å². The topological polar surface area (TPSA) is 124 Å². The number of alkyl halides is 3. The van der Waals surface area contributed by atoms with Gasteiger partial charge in [0.2, 0.25) is 0 Å². The summed E-state index contributed by atoms with van der Waals surface area (Å²) in [6, 6.07) is 10.9. The molecule has 2 heterocycles. The van der Waals surface area contributed by atoms with Gasteiger partial charge >= 0.3 is 6.18 Å². The summed E-state index contributed by atoms with van der Waals surface area (Å²) in [5.41, 5.74) is 5.25. The first-order chi connectivity index (χ1) is 16.6. The van der Waals surface area contributed by atoms with Gasteiger partial charge in [-0.05, 0) is 36.4 Å². The normalized spacial score (nSPS) is 11.6. The van der Waals surface area contributed by atoms with Crippen LogP contribution in [0.2, 0.25) is 10.0 Å². The van der Waals surface area contributed by atoms with Crippen molar-refractivity contribution in [3.05, 3.63) is 70.1 Å². The maximum atomic E-state index is 13.1. The molecule has 0 atom stereocenters. The van der Waals surface area contributed by atoms with Crippen molar-refractivity contribution in [1.29, 1.82) is 0 Å². The van der Waals surface area contributed by atoms with E-state index in [0.717, 1.165) is 11.0 Å². The van der Waals surface area contributed by atoms with Gasteiger partial charge in [-0.15, -0.1) is 15.0 Å². The largest absolute Gasteiger partial charge is 0.434 e. The van der Waals surface area contributed by atoms with E-state index in [1.165, 1.54) is 16.7 Å². The van der Waals surface area contributed by atoms with Crippen LogP contribution < -0.4 is 11.1 Å². The van der Waals surface area contributed by atoms with E-state index in [0.29, 0.717) is 11.3 Å². The van der Waals surface area contributed by atoms with E-state index in [2.05, 4.69) is 20.5 Å². The lowest BCUT2D eigenvalue weighted by atomic mass is 10.2. The number of imidazole rings is 1. The molecule has 2 aromatic carbocycles. The highest BCUT2D eigenvalue weighted by Gasteiger charge is 2.35. The average Bonchev–Trinajstić information content (AvgIpc) is 3.39. The summed E-state index contributed by atoms with van der Waals surface area (Å²) >= 11 is 12.4. The Bertz CT molecular complexity index is 1360. The molecule has 9 nitrogen and oxygen atoms in total. The summed E-state index contributed by atoms with van der Waals surface area (Å²) in [6.45, 7) is -0.421. The SMILES string of the molecule is NC(=O)c1nn(-c2c(Cl)cccc2Cl)nc1Nc1ccc(-c2nc(C(F)(F)F)cn2CCO)cc1. The smallest absolute Gasteiger partial charge is 0.395 e. The lowest BCUT2D eigenvalue weighted by Crippen LogP contribution is -2.14. The van der Waals surface area contributed by atoms with Crippen LogP contribution in [0.4, 0.5) is 24.7 Å². The van der Waals surface area contributed by atoms with Crippen LogP contribution in [0.15, 0.2) is 48.7 Å². The number of nitrogens with zero attached hydrogens (tertiary/aromatic N) is 5. The lowest BCUT2D eigenvalue weighted by molar-refractivity contribution is -0.140. The second-order valence-corrected chi connectivity index (χ2v) is 8.00. The van der Waals surface area contributed by atoms with E-state index in [1.54, 1.807) is 30.3 Å². The number of hydrogen-bond acceptors (Lipinski definition) is 6. The van der Waals surface area contributed by atoms with Crippen LogP contribution in [0.5, 0.6) is 0 Å². The maximum absolute atomic E-state index is 13.1. The molecule has 0 bridgehead atoms. The number of primary amides is 1. The van der Waals surface area contributed by atoms with E-state index in [9.17, 15) is 23.1 Å². The van der Waals surface area contributed by atoms with E-state index < -0.39 is 17.8 Å². The molecule has 4 N–H and O–H groups in total. The van der Waals surface area contributed by atoms with Gasteiger partial charge in [0.05, 0.1) is 16.7 Å². The van der Waals surface area contributed by atoms with Gasteiger partial charge in [0.15, 0.2) is 17.2 Å². The number of aliphatic hydroxyl groups is 1. The van der Waals surface area contributed by atoms with Gasteiger partial charge in [-0.25, -0.2) is 4.98 Å². The van der Waals surface area contributed by atoms with Gasteiger partial charge in [-0.3, -0.25) is 4.79 Å². The number of para-hydroxylation sites is 1. The van der Waals surface area contributed by atoms with Crippen LogP contribution in [-0.4, -0.2) is 42.2 Å². The fourth-order valence-corrected chi connectivity index (χ4v) is 3.79. The predicted octanol–water partition coefficient (Wildman–Crippen LogP) is 4.29. The quantitative estimate of drug-likeness (QED) is 0.330. The molecule has 0 aliphatic carbocycles. The zero-order chi connectivity index (χ0) is 25.3. The molecule has 0 fully saturated rings. The van der Waals surface area contributed by atoms with Crippen molar-refractivity contribution in [2.24, 2.45) is 5.73 Å². The van der Waals surface area contributed by atoms with Gasteiger partial charge in [0, 0.05) is 24.0 Å². The van der Waals surface area contributed by atoms with Gasteiger partial charge in [-0.2, -0.15) is 13.2 Å². The van der Waals surface area contributed by atoms with Crippen LogP contribution in [0.3, 0.4) is 0 Å². The van der Waals surface area contributed by atoms with Crippen molar-refractivity contribution in [2.45, 2.75) is 12.7 Å². The molecule has 1 amide bonds. The molecular formula is C21H16Cl2F3N7O2. The number of carbonyl (C=O) groups is 1. The molecule has 0 spiro atoms. The Morgan fingerprint density at radius 1 is 1.09 bits per heavy atom. The molecule has 0 saturated heterocycles. The number of anilines is 2. The summed E-state index contributed by atoms with van der Waals surface area (Å²) < 4.78 is 40.5. The van der Waals surface area contributed by atoms with E-state index in [4.69, 9.17) is 28.9 Å². The number of benzene rings is 2. The summed E-state index contributed by atoms with van der Waals surface area (Å²) in [5.74, 6) is -0.804. The number of aliphatic hydroxyl groups excluding tert-OH is 1. The Labute approximate surface area is 205 Å². The zero-order valence-corrected chi connectivity index (χ0v) is 19.1. The molecule has 4 aromatic rings. The Kier molecular flexibility index (Phi) is 6.70. The number of nitrogens with two attached hydrogens (primary N) is 1. The van der Waals surface area contributed by atoms with Crippen LogP contribution in [-0.2, 0) is 12.7 Å². The summed E-state index contributed by atoms with van der Waals surface area (Å²) in [7, 11) is 0. The number of hydrogen-bond donors (Lipinski definition) is 3. The fourth-order valence-electron chi connectivity index (χ4n) is 3.24. The lowest BCUT2D eigenvalue weighted by Gasteiger charge is -2.08. The summed E-state index contributed by atoms with van der Waals surface area (Å²) in [5, 5.41) is 20.9. The maximum Gasteiger partial charge on any atom is 0.434 e. The number of halogens is 5. The van der Waals surface area contributed by atoms with Crippen LogP contribution in [0.1, 0.15) is 16.2 Å². The fraction of sp³-hybridized carbons (Fsp3) is 0.143. The molecule has 14 heteroatoms. The van der Waals surface area contributed by atoms with Crippen molar-refractivity contribution >= 4 is 40.6 Å². The first-order valence-electron chi connectivity index (χ1n) is 9.92. The molecule has 0 aliphatic rings. The molecular weight excluding hydrogens is 510 g/mol. The number of carbonyl (C=O) groups excluding carboxylic acids is 1. The first-order valence-corrected chi connectivity index (χ1v) is 10.7. The minimum absolute atomic E-state index is 0.0161. The van der Waals surface area contributed by atoms with Crippen molar-refractivity contribution in [2.75, 3.05) is 11.9 Å². The number of rotatable bonds is 7. The van der Waals surface area contributed by atoms with E-state index >= 15 is 0 Å². The van der Waals surface area contributed by atoms with Gasteiger partial charge in [0.1, 0.15) is 11.5 Å². The second kappa shape index (κ2) is 9.56. The zero-order valence-electron chi connectivity index (χ0n) is 17.6. The molecule has 35 heavy (non-hydrogen) atoms. The Morgan fingerprint density at radius 3 is 2.31 bits per heavy atom. The summed E-state index contributed by atoms with van der Waals surface area (Å²) in [6.07, 6.45) is -3.78. The minimum atomic E-state index is -4.63. The Hall–Kier alpha value is -3.61. The highest BCUT2D eigenvalue weighted by atomic mass is 35.5. The van der Waals surface area contributed by atoms with Crippen molar-refractivity contribution in [1.82, 2.24) is 24.5 Å². The van der Waals surface area contributed by atoms with Crippen LogP contribution in [0.25, 0.3) is 17.1 Å². The molecule has 4 rings (SSSR count). The highest BCUT2D eigenvalue weighted by Crippen LogP contribution is 2.32. The summed E-state index contributed by atoms with van der Waals surface area (Å²) in [4.78, 5) is 16.7. The van der Waals surface area contributed by atoms with E-state index in [-0.39, 0.29) is 46.2 Å². The molecule has 0 aliphatic heterocycles. The van der Waals surface area contributed by atoms with Gasteiger partial charge in [-0.1, -0.05) is 29.3 Å². The number of aromatic nitrogens is 5. The first kappa shape index (κ1) is 24.5. The van der Waals surface area contributed by atoms with Gasteiger partial charge < -0.3 is 20.7 Å². The van der Waals surface area contributed by atoms with Crippen molar-refractivity contribution in [3.63, 3.8) is 0 Å². The predicted molar refractivity (Wildman–Crippen MR) is 123 cm³/mol. The monoisotopic (exact) mass is 525 g/mol. The highest BCUT2D eigenvalue weighted by molar-refractivity contribution is 6.37.